The molecule has 4 N–H and O–H groups in total. The van der Waals surface area contributed by atoms with Crippen LogP contribution in [-0.2, 0) is 12.4 Å². The van der Waals surface area contributed by atoms with Crippen LogP contribution in [0.5, 0.6) is 0 Å². The van der Waals surface area contributed by atoms with Crippen LogP contribution in [0.25, 0.3) is 0 Å². The van der Waals surface area contributed by atoms with Crippen molar-refractivity contribution in [1.82, 2.24) is 15.0 Å². The fourth-order valence-corrected chi connectivity index (χ4v) is 3.40. The molecule has 0 spiro atoms. The van der Waals surface area contributed by atoms with Crippen molar-refractivity contribution in [2.75, 3.05) is 17.2 Å². The summed E-state index contributed by atoms with van der Waals surface area (Å²) in [5.74, 6) is 0.234. The van der Waals surface area contributed by atoms with Crippen molar-refractivity contribution in [3.05, 3.63) is 42.0 Å². The Balaban J connectivity index is 0.000000294. The number of alkyl halides is 6. The van der Waals surface area contributed by atoms with Crippen LogP contribution in [0.4, 0.5) is 38.0 Å². The molecule has 1 saturated heterocycles. The second-order valence-electron chi connectivity index (χ2n) is 7.65. The number of hydrogen-bond acceptors (Lipinski definition) is 7. The second-order valence-corrected chi connectivity index (χ2v) is 7.65. The van der Waals surface area contributed by atoms with E-state index in [1.165, 1.54) is 6.07 Å². The van der Waals surface area contributed by atoms with Crippen LogP contribution in [0, 0.1) is 5.92 Å². The van der Waals surface area contributed by atoms with E-state index in [1.807, 2.05) is 13.8 Å². The second kappa shape index (κ2) is 10.5. The molecule has 2 aromatic heterocycles. The Hall–Kier alpha value is -2.67. The first-order valence-corrected chi connectivity index (χ1v) is 10.1. The predicted octanol–water partition coefficient (Wildman–Crippen LogP) is 3.52. The summed E-state index contributed by atoms with van der Waals surface area (Å²) in [6.45, 7) is 4.37. The third-order valence-corrected chi connectivity index (χ3v) is 5.31. The van der Waals surface area contributed by atoms with Gasteiger partial charge in [-0.15, -0.1) is 0 Å². The number of nitrogens with zero attached hydrogens (tertiary/aromatic N) is 4. The van der Waals surface area contributed by atoms with Gasteiger partial charge < -0.3 is 20.8 Å². The number of piperidine rings is 1. The van der Waals surface area contributed by atoms with Gasteiger partial charge in [-0.05, 0) is 24.5 Å². The summed E-state index contributed by atoms with van der Waals surface area (Å²) in [6, 6.07) is 1.95. The number of anilines is 2. The highest BCUT2D eigenvalue weighted by molar-refractivity contribution is 5.42. The lowest BCUT2D eigenvalue weighted by molar-refractivity contribution is -0.141. The molecule has 0 bridgehead atoms. The summed E-state index contributed by atoms with van der Waals surface area (Å²) < 4.78 is 73.3. The largest absolute Gasteiger partial charge is 0.434 e. The first-order valence-electron chi connectivity index (χ1n) is 10.1. The topological polar surface area (TPSA) is 108 Å². The molecule has 4 unspecified atom stereocenters. The normalized spacial score (nSPS) is 22.4. The highest BCUT2D eigenvalue weighted by atomic mass is 19.4. The first-order chi connectivity index (χ1) is 15.3. The molecule has 3 rings (SSSR count). The number of pyridine rings is 1. The third-order valence-electron chi connectivity index (χ3n) is 5.31. The van der Waals surface area contributed by atoms with Crippen LogP contribution >= 0.6 is 0 Å². The smallest absolute Gasteiger partial charge is 0.390 e. The first kappa shape index (κ1) is 26.6. The Kier molecular flexibility index (Phi) is 8.46. The lowest BCUT2D eigenvalue weighted by Gasteiger charge is -2.45. The van der Waals surface area contributed by atoms with Crippen LogP contribution < -0.4 is 10.6 Å². The lowest BCUT2D eigenvalue weighted by atomic mass is 9.86. The van der Waals surface area contributed by atoms with E-state index in [-0.39, 0.29) is 17.8 Å². The molecule has 0 amide bonds. The van der Waals surface area contributed by atoms with Crippen molar-refractivity contribution in [2.45, 2.75) is 57.3 Å². The molecule has 7 nitrogen and oxygen atoms in total. The molecule has 2 aromatic rings. The minimum absolute atomic E-state index is 0.0778. The van der Waals surface area contributed by atoms with E-state index in [1.54, 1.807) is 4.90 Å². The van der Waals surface area contributed by atoms with E-state index in [0.29, 0.717) is 25.0 Å². The Labute approximate surface area is 186 Å². The average Bonchev–Trinajstić information content (AvgIpc) is 2.74. The van der Waals surface area contributed by atoms with Crippen LogP contribution in [0.3, 0.4) is 0 Å². The minimum Gasteiger partial charge on any atom is -0.390 e. The van der Waals surface area contributed by atoms with Crippen molar-refractivity contribution >= 4 is 11.6 Å². The molecule has 3 heterocycles. The van der Waals surface area contributed by atoms with Crippen LogP contribution in [0.15, 0.2) is 30.7 Å². The standard InChI is InChI=1S/C15H21F3N2O2.C5H4F3N3/c1-3-9(2)13-14(22)11(21)6-7-20(13)12-5-4-10(8-19-12)15(16,17)18;6-5(7,8)3-1-10-2-4(9)11-3/h4-5,8-9,11,13-14,21-22H,3,6-7H2,1-2H3;1-2H,(H2,9,11). The van der Waals surface area contributed by atoms with E-state index in [0.717, 1.165) is 24.9 Å². The fraction of sp³-hybridized carbons (Fsp3) is 0.550. The van der Waals surface area contributed by atoms with Gasteiger partial charge in [0.15, 0.2) is 5.69 Å². The van der Waals surface area contributed by atoms with E-state index in [9.17, 15) is 36.6 Å². The zero-order chi connectivity index (χ0) is 25.0. The molecular formula is C20H25F6N5O2. The number of nitrogens with two attached hydrogens (primary N) is 1. The van der Waals surface area contributed by atoms with Gasteiger partial charge in [0.25, 0.3) is 0 Å². The van der Waals surface area contributed by atoms with E-state index < -0.39 is 35.8 Å². The van der Waals surface area contributed by atoms with Gasteiger partial charge in [-0.3, -0.25) is 4.98 Å². The third kappa shape index (κ3) is 6.90. The zero-order valence-electron chi connectivity index (χ0n) is 17.8. The van der Waals surface area contributed by atoms with Gasteiger partial charge in [-0.2, -0.15) is 26.3 Å². The van der Waals surface area contributed by atoms with Gasteiger partial charge in [0.1, 0.15) is 17.7 Å². The molecule has 1 aliphatic heterocycles. The van der Waals surface area contributed by atoms with Crippen molar-refractivity contribution < 1.29 is 36.6 Å². The van der Waals surface area contributed by atoms with Crippen LogP contribution in [0.2, 0.25) is 0 Å². The fourth-order valence-electron chi connectivity index (χ4n) is 3.40. The number of aliphatic hydroxyl groups excluding tert-OH is 2. The summed E-state index contributed by atoms with van der Waals surface area (Å²) in [7, 11) is 0. The summed E-state index contributed by atoms with van der Waals surface area (Å²) >= 11 is 0. The maximum Gasteiger partial charge on any atom is 0.434 e. The number of hydrogen-bond donors (Lipinski definition) is 3. The van der Waals surface area contributed by atoms with Crippen molar-refractivity contribution in [3.63, 3.8) is 0 Å². The maximum absolute atomic E-state index is 12.6. The monoisotopic (exact) mass is 481 g/mol. The zero-order valence-corrected chi connectivity index (χ0v) is 17.8. The quantitative estimate of drug-likeness (QED) is 0.576. The molecule has 0 saturated carbocycles. The highest BCUT2D eigenvalue weighted by Gasteiger charge is 2.39. The SMILES string of the molecule is CCC(C)C1C(O)C(O)CCN1c1ccc(C(F)(F)F)cn1.Nc1cncc(C(F)(F)F)n1. The van der Waals surface area contributed by atoms with Gasteiger partial charge in [-0.25, -0.2) is 9.97 Å². The molecule has 184 valence electrons. The average molecular weight is 481 g/mol. The predicted molar refractivity (Wildman–Crippen MR) is 108 cm³/mol. The van der Waals surface area contributed by atoms with E-state index >= 15 is 0 Å². The maximum atomic E-state index is 12.6. The summed E-state index contributed by atoms with van der Waals surface area (Å²) in [5, 5.41) is 20.1. The molecule has 4 atom stereocenters. The number of aromatic nitrogens is 3. The Morgan fingerprint density at radius 3 is 2.21 bits per heavy atom. The molecule has 0 aliphatic carbocycles. The molecule has 33 heavy (non-hydrogen) atoms. The molecular weight excluding hydrogens is 456 g/mol. The molecule has 0 aromatic carbocycles. The van der Waals surface area contributed by atoms with Gasteiger partial charge >= 0.3 is 12.4 Å². The Bertz CT molecular complexity index is 894. The molecule has 13 heteroatoms. The van der Waals surface area contributed by atoms with Gasteiger partial charge in [0.2, 0.25) is 0 Å². The van der Waals surface area contributed by atoms with Crippen LogP contribution in [0.1, 0.15) is 37.9 Å². The minimum atomic E-state index is -4.47. The Morgan fingerprint density at radius 2 is 1.76 bits per heavy atom. The molecule has 1 aliphatic rings. The van der Waals surface area contributed by atoms with Gasteiger partial charge in [0, 0.05) is 12.7 Å². The number of rotatable bonds is 3. The van der Waals surface area contributed by atoms with E-state index in [4.69, 9.17) is 5.73 Å². The van der Waals surface area contributed by atoms with Crippen molar-refractivity contribution in [3.8, 4) is 0 Å². The van der Waals surface area contributed by atoms with Crippen LogP contribution in [-0.4, -0.2) is 50.0 Å². The van der Waals surface area contributed by atoms with E-state index in [2.05, 4.69) is 15.0 Å². The summed E-state index contributed by atoms with van der Waals surface area (Å²) in [5.41, 5.74) is 3.11. The van der Waals surface area contributed by atoms with Crippen molar-refractivity contribution in [1.29, 1.82) is 0 Å². The molecule has 0 radical (unpaired) electrons. The van der Waals surface area contributed by atoms with Crippen molar-refractivity contribution in [2.24, 2.45) is 5.92 Å². The number of aliphatic hydroxyl groups is 2. The summed E-state index contributed by atoms with van der Waals surface area (Å²) in [4.78, 5) is 12.0. The number of halogens is 6. The number of nitrogen functional groups attached to an aromatic ring is 1. The highest BCUT2D eigenvalue weighted by Crippen LogP contribution is 2.33. The Morgan fingerprint density at radius 1 is 1.09 bits per heavy atom. The summed E-state index contributed by atoms with van der Waals surface area (Å²) in [6.07, 6.45) is -7.02. The van der Waals surface area contributed by atoms with Gasteiger partial charge in [-0.1, -0.05) is 20.3 Å². The van der Waals surface area contributed by atoms with Gasteiger partial charge in [0.05, 0.1) is 30.1 Å². The lowest BCUT2D eigenvalue weighted by Crippen LogP contribution is -2.57. The molecule has 1 fully saturated rings.